The van der Waals surface area contributed by atoms with Crippen molar-refractivity contribution >= 4 is 60.3 Å². The molecule has 2 atom stereocenters. The van der Waals surface area contributed by atoms with Crippen LogP contribution in [0.4, 0.5) is 0 Å². The van der Waals surface area contributed by atoms with Gasteiger partial charge in [-0.1, -0.05) is 18.3 Å². The number of thioether (sulfide) groups is 1. The molecule has 2 N–H and O–H groups in total. The molecule has 27 heavy (non-hydrogen) atoms. The van der Waals surface area contributed by atoms with Crippen LogP contribution in [0.15, 0.2) is 36.4 Å². The molecule has 11 heteroatoms. The van der Waals surface area contributed by atoms with E-state index in [9.17, 15) is 9.36 Å². The molecule has 0 saturated carbocycles. The van der Waals surface area contributed by atoms with E-state index in [-0.39, 0.29) is 28.0 Å². The van der Waals surface area contributed by atoms with E-state index in [4.69, 9.17) is 19.3 Å². The molecule has 152 valence electrons. The lowest BCUT2D eigenvalue weighted by atomic mass is 10.3. The van der Waals surface area contributed by atoms with Gasteiger partial charge in [-0.05, 0) is 48.1 Å². The van der Waals surface area contributed by atoms with Gasteiger partial charge < -0.3 is 19.3 Å². The summed E-state index contributed by atoms with van der Waals surface area (Å²) in [6.45, 7) is 1.77. The number of thiol groups is 2. The van der Waals surface area contributed by atoms with E-state index in [1.54, 1.807) is 31.2 Å². The highest BCUT2D eigenvalue weighted by Crippen LogP contribution is 2.50. The van der Waals surface area contributed by atoms with Crippen LogP contribution in [-0.4, -0.2) is 50.1 Å². The first-order chi connectivity index (χ1) is 12.6. The predicted molar refractivity (Wildman–Crippen MR) is 120 cm³/mol. The van der Waals surface area contributed by atoms with Gasteiger partial charge in [-0.15, -0.1) is 0 Å². The number of carbonyl (C=O) groups is 1. The van der Waals surface area contributed by atoms with Gasteiger partial charge in [0.15, 0.2) is 0 Å². The molecule has 0 aliphatic heterocycles. The van der Waals surface area contributed by atoms with Crippen molar-refractivity contribution in [3.05, 3.63) is 36.4 Å². The van der Waals surface area contributed by atoms with Crippen LogP contribution in [-0.2, 0) is 9.36 Å². The molecular formula is C16H23O6PS4. The van der Waals surface area contributed by atoms with Crippen LogP contribution in [0.2, 0.25) is 0 Å². The molecule has 1 aromatic rings. The van der Waals surface area contributed by atoms with Crippen molar-refractivity contribution in [1.29, 1.82) is 0 Å². The average molecular weight is 471 g/mol. The Morgan fingerprint density at radius 2 is 1.56 bits per heavy atom. The monoisotopic (exact) mass is 470 g/mol. The summed E-state index contributed by atoms with van der Waals surface area (Å²) < 4.78 is 22.0. The summed E-state index contributed by atoms with van der Waals surface area (Å²) in [5, 5.41) is -0.439. The second kappa shape index (κ2) is 12.4. The second-order valence-corrected chi connectivity index (χ2v) is 11.8. The maximum absolute atomic E-state index is 11.5. The van der Waals surface area contributed by atoms with Crippen LogP contribution < -0.4 is 9.47 Å². The van der Waals surface area contributed by atoms with Crippen molar-refractivity contribution in [2.24, 2.45) is 0 Å². The molecule has 0 aromatic heterocycles. The fraction of sp³-hybridized carbons (Fsp3) is 0.438. The molecule has 0 aliphatic rings. The minimum absolute atomic E-state index is 0.0442. The average Bonchev–Trinajstić information content (AvgIpc) is 2.61. The maximum atomic E-state index is 11.5. The number of carbonyl (C=O) groups excluding carboxylic acids is 1. The van der Waals surface area contributed by atoms with Crippen molar-refractivity contribution in [1.82, 2.24) is 0 Å². The molecule has 0 heterocycles. The third-order valence-electron chi connectivity index (χ3n) is 2.90. The molecule has 0 amide bonds. The quantitative estimate of drug-likeness (QED) is 0.209. The molecule has 0 aliphatic carbocycles. The highest BCUT2D eigenvalue weighted by atomic mass is 32.7. The Bertz CT molecular complexity index is 663. The summed E-state index contributed by atoms with van der Waals surface area (Å²) in [6, 6.07) is 6.97. The third-order valence-corrected chi connectivity index (χ3v) is 7.58. The van der Waals surface area contributed by atoms with Crippen molar-refractivity contribution in [2.45, 2.75) is 17.4 Å². The number of ether oxygens (including phenoxy) is 2. The van der Waals surface area contributed by atoms with Gasteiger partial charge in [-0.3, -0.25) is 4.79 Å². The van der Waals surface area contributed by atoms with Crippen molar-refractivity contribution in [3.63, 3.8) is 0 Å². The maximum Gasteiger partial charge on any atom is 0.384 e. The Morgan fingerprint density at radius 3 is 1.96 bits per heavy atom. The molecule has 1 aromatic carbocycles. The third kappa shape index (κ3) is 12.1. The molecule has 1 rings (SSSR count). The van der Waals surface area contributed by atoms with Gasteiger partial charge in [0, 0.05) is 22.0 Å². The summed E-state index contributed by atoms with van der Waals surface area (Å²) in [7, 11) is 0. The van der Waals surface area contributed by atoms with Gasteiger partial charge in [0.25, 0.3) is 0 Å². The van der Waals surface area contributed by atoms with E-state index >= 15 is 0 Å². The zero-order valence-corrected chi connectivity index (χ0v) is 19.0. The van der Waals surface area contributed by atoms with E-state index in [1.807, 2.05) is 0 Å². The van der Waals surface area contributed by atoms with Crippen LogP contribution in [0.25, 0.3) is 0 Å². The van der Waals surface area contributed by atoms with Gasteiger partial charge in [0.05, 0.1) is 0 Å². The SMILES string of the molecule is C=C(C)C(=O)SCC(S)COc1ccc(OCC(S)CSP(=O)(O)O)cc1. The zero-order valence-electron chi connectivity index (χ0n) is 14.7. The molecule has 0 spiro atoms. The van der Waals surface area contributed by atoms with Crippen molar-refractivity contribution in [2.75, 3.05) is 24.7 Å². The second-order valence-electron chi connectivity index (χ2n) is 5.57. The first-order valence-electron chi connectivity index (χ1n) is 7.81. The van der Waals surface area contributed by atoms with Gasteiger partial charge in [0.2, 0.25) is 5.12 Å². The van der Waals surface area contributed by atoms with E-state index in [0.29, 0.717) is 40.8 Å². The normalized spacial score (nSPS) is 13.7. The highest BCUT2D eigenvalue weighted by molar-refractivity contribution is 8.54. The minimum Gasteiger partial charge on any atom is -0.492 e. The summed E-state index contributed by atoms with van der Waals surface area (Å²) in [6.07, 6.45) is 0. The molecule has 0 saturated heterocycles. The number of rotatable bonds is 12. The fourth-order valence-corrected chi connectivity index (χ4v) is 4.81. The topological polar surface area (TPSA) is 93.1 Å². The fourth-order valence-electron chi connectivity index (χ4n) is 1.59. The Balaban J connectivity index is 2.32. The zero-order chi connectivity index (χ0) is 20.4. The molecule has 6 nitrogen and oxygen atoms in total. The standard InChI is InChI=1S/C16H23O6PS4/c1-11(2)16(17)26-9-14(24)7-21-12-3-5-13(6-4-12)22-8-15(25)10-27-23(18,19)20/h3-6,14-15,24-25H,1,7-10H2,2H3,(H2,18,19,20). The predicted octanol–water partition coefficient (Wildman–Crippen LogP) is 3.70. The lowest BCUT2D eigenvalue weighted by molar-refractivity contribution is -0.107. The molecule has 0 bridgehead atoms. The van der Waals surface area contributed by atoms with Gasteiger partial charge in [-0.2, -0.15) is 25.3 Å². The van der Waals surface area contributed by atoms with Crippen LogP contribution >= 0.6 is 55.2 Å². The van der Waals surface area contributed by atoms with Gasteiger partial charge in [-0.25, -0.2) is 4.57 Å². The van der Waals surface area contributed by atoms with Crippen molar-refractivity contribution in [3.8, 4) is 11.5 Å². The Kier molecular flexibility index (Phi) is 11.4. The van der Waals surface area contributed by atoms with Crippen LogP contribution in [0.1, 0.15) is 6.92 Å². The first kappa shape index (κ1) is 24.8. The summed E-state index contributed by atoms with van der Waals surface area (Å²) >= 11 is 10.4. The van der Waals surface area contributed by atoms with Crippen LogP contribution in [0.3, 0.4) is 0 Å². The van der Waals surface area contributed by atoms with Gasteiger partial charge >= 0.3 is 6.80 Å². The minimum atomic E-state index is -4.09. The largest absolute Gasteiger partial charge is 0.492 e. The lowest BCUT2D eigenvalue weighted by Gasteiger charge is -2.14. The summed E-state index contributed by atoms with van der Waals surface area (Å²) in [4.78, 5) is 29.1. The Morgan fingerprint density at radius 1 is 1.11 bits per heavy atom. The van der Waals surface area contributed by atoms with Crippen LogP contribution in [0, 0.1) is 0 Å². The highest BCUT2D eigenvalue weighted by Gasteiger charge is 2.16. The molecule has 0 radical (unpaired) electrons. The first-order valence-corrected chi connectivity index (χ1v) is 13.0. The van der Waals surface area contributed by atoms with E-state index in [2.05, 4.69) is 31.8 Å². The summed E-state index contributed by atoms with van der Waals surface area (Å²) in [5.74, 6) is 1.97. The van der Waals surface area contributed by atoms with Crippen molar-refractivity contribution < 1.29 is 28.6 Å². The van der Waals surface area contributed by atoms with E-state index in [0.717, 1.165) is 0 Å². The Labute approximate surface area is 178 Å². The summed E-state index contributed by atoms with van der Waals surface area (Å²) in [5.41, 5.74) is 0.515. The number of benzene rings is 1. The van der Waals surface area contributed by atoms with E-state index in [1.165, 1.54) is 11.8 Å². The van der Waals surface area contributed by atoms with E-state index < -0.39 is 6.80 Å². The number of hydrogen-bond acceptors (Lipinski definition) is 8. The number of hydrogen-bond donors (Lipinski definition) is 4. The lowest BCUT2D eigenvalue weighted by Crippen LogP contribution is -2.16. The van der Waals surface area contributed by atoms with Crippen LogP contribution in [0.5, 0.6) is 11.5 Å². The molecular weight excluding hydrogens is 447 g/mol. The smallest absolute Gasteiger partial charge is 0.384 e. The van der Waals surface area contributed by atoms with Gasteiger partial charge in [0.1, 0.15) is 24.7 Å². The Hall–Kier alpha value is -0.220. The molecule has 0 fully saturated rings. The molecule has 2 unspecified atom stereocenters.